The van der Waals surface area contributed by atoms with Crippen molar-refractivity contribution in [3.63, 3.8) is 0 Å². The summed E-state index contributed by atoms with van der Waals surface area (Å²) in [6, 6.07) is 16.9. The molecule has 0 aliphatic rings. The molecule has 0 spiro atoms. The monoisotopic (exact) mass is 291 g/mol. The number of azide groups is 1. The van der Waals surface area contributed by atoms with Gasteiger partial charge in [-0.1, -0.05) is 53.6 Å². The van der Waals surface area contributed by atoms with E-state index in [-0.39, 0.29) is 6.54 Å². The lowest BCUT2D eigenvalue weighted by Crippen LogP contribution is -2.32. The Morgan fingerprint density at radius 2 is 1.77 bits per heavy atom. The maximum absolute atomic E-state index is 12.5. The average molecular weight is 291 g/mol. The van der Waals surface area contributed by atoms with Crippen molar-refractivity contribution in [3.05, 3.63) is 82.2 Å². The molecular formula is C16H13N5O. The highest BCUT2D eigenvalue weighted by molar-refractivity contribution is 5.95. The fourth-order valence-corrected chi connectivity index (χ4v) is 2.10. The van der Waals surface area contributed by atoms with Crippen LogP contribution in [-0.4, -0.2) is 17.4 Å². The summed E-state index contributed by atoms with van der Waals surface area (Å²) >= 11 is 0. The van der Waals surface area contributed by atoms with Gasteiger partial charge in [-0.2, -0.15) is 5.26 Å². The zero-order valence-electron chi connectivity index (χ0n) is 11.7. The second-order valence-corrected chi connectivity index (χ2v) is 4.48. The van der Waals surface area contributed by atoms with Crippen molar-refractivity contribution in [1.82, 2.24) is 4.90 Å². The Balaban J connectivity index is 2.38. The first-order chi connectivity index (χ1) is 10.8. The number of rotatable bonds is 5. The van der Waals surface area contributed by atoms with Crippen LogP contribution < -0.4 is 0 Å². The van der Waals surface area contributed by atoms with E-state index >= 15 is 0 Å². The van der Waals surface area contributed by atoms with Crippen LogP contribution in [0.2, 0.25) is 0 Å². The zero-order valence-corrected chi connectivity index (χ0v) is 11.7. The van der Waals surface area contributed by atoms with Gasteiger partial charge in [0.05, 0.1) is 12.6 Å². The number of hydrogen-bond donors (Lipinski definition) is 0. The summed E-state index contributed by atoms with van der Waals surface area (Å²) in [6.45, 7) is -0.00729. The molecule has 0 radical (unpaired) electrons. The Hall–Kier alpha value is -3.29. The SMILES string of the molecule is N#CN(C(=O)c1ccccc1)C(CN=[N+]=[N-])c1ccccc1. The lowest BCUT2D eigenvalue weighted by molar-refractivity contribution is 0.0785. The second kappa shape index (κ2) is 7.48. The van der Waals surface area contributed by atoms with Gasteiger partial charge in [0.2, 0.25) is 0 Å². The minimum absolute atomic E-state index is 0.00729. The molecule has 2 aromatic rings. The number of carbonyl (C=O) groups excluding carboxylic acids is 1. The molecule has 0 aromatic heterocycles. The summed E-state index contributed by atoms with van der Waals surface area (Å²) in [7, 11) is 0. The first-order valence-corrected chi connectivity index (χ1v) is 6.62. The van der Waals surface area contributed by atoms with Crippen LogP contribution in [0.1, 0.15) is 22.0 Å². The molecule has 0 saturated heterocycles. The first kappa shape index (κ1) is 15.1. The van der Waals surface area contributed by atoms with Crippen molar-refractivity contribution >= 4 is 5.91 Å². The van der Waals surface area contributed by atoms with Gasteiger partial charge in [0.15, 0.2) is 6.19 Å². The molecule has 6 nitrogen and oxygen atoms in total. The number of carbonyl (C=O) groups is 1. The topological polar surface area (TPSA) is 92.9 Å². The fourth-order valence-electron chi connectivity index (χ4n) is 2.10. The Bertz CT molecular complexity index is 717. The summed E-state index contributed by atoms with van der Waals surface area (Å²) in [4.78, 5) is 16.3. The molecule has 2 rings (SSSR count). The molecule has 0 N–H and O–H groups in total. The van der Waals surface area contributed by atoms with Crippen molar-refractivity contribution in [2.45, 2.75) is 6.04 Å². The molecule has 0 bridgehead atoms. The Morgan fingerprint density at radius 1 is 1.18 bits per heavy atom. The van der Waals surface area contributed by atoms with Crippen LogP contribution in [0.25, 0.3) is 10.4 Å². The highest BCUT2D eigenvalue weighted by Crippen LogP contribution is 2.22. The van der Waals surface area contributed by atoms with Gasteiger partial charge in [-0.15, -0.1) is 0 Å². The minimum Gasteiger partial charge on any atom is -0.268 e. The lowest BCUT2D eigenvalue weighted by atomic mass is 10.0. The van der Waals surface area contributed by atoms with Crippen LogP contribution in [-0.2, 0) is 0 Å². The van der Waals surface area contributed by atoms with Gasteiger partial charge >= 0.3 is 0 Å². The molecule has 0 fully saturated rings. The standard InChI is InChI=1S/C16H13N5O/c17-12-21(16(22)14-9-5-2-6-10-14)15(11-19-20-18)13-7-3-1-4-8-13/h1-10,15H,11H2. The lowest BCUT2D eigenvalue weighted by Gasteiger charge is -2.24. The molecule has 1 amide bonds. The molecule has 0 saturated carbocycles. The molecule has 0 aliphatic heterocycles. The van der Waals surface area contributed by atoms with Crippen LogP contribution in [0.3, 0.4) is 0 Å². The zero-order chi connectivity index (χ0) is 15.8. The van der Waals surface area contributed by atoms with E-state index in [0.717, 1.165) is 10.5 Å². The number of nitriles is 1. The predicted octanol–water partition coefficient (Wildman–Crippen LogP) is 3.66. The number of amides is 1. The van der Waals surface area contributed by atoms with Crippen molar-refractivity contribution in [1.29, 1.82) is 5.26 Å². The van der Waals surface area contributed by atoms with Crippen LogP contribution >= 0.6 is 0 Å². The summed E-state index contributed by atoms with van der Waals surface area (Å²) in [5.74, 6) is -0.426. The van der Waals surface area contributed by atoms with Gasteiger partial charge in [-0.25, -0.2) is 4.90 Å². The number of benzene rings is 2. The summed E-state index contributed by atoms with van der Waals surface area (Å²) in [5, 5.41) is 12.9. The van der Waals surface area contributed by atoms with Crippen molar-refractivity contribution in [2.75, 3.05) is 6.54 Å². The molecular weight excluding hydrogens is 278 g/mol. The van der Waals surface area contributed by atoms with Gasteiger partial charge in [-0.05, 0) is 23.2 Å². The first-order valence-electron chi connectivity index (χ1n) is 6.62. The third-order valence-corrected chi connectivity index (χ3v) is 3.16. The molecule has 1 atom stereocenters. The molecule has 1 unspecified atom stereocenters. The maximum Gasteiger partial charge on any atom is 0.267 e. The quantitative estimate of drug-likeness (QED) is 0.276. The third kappa shape index (κ3) is 3.42. The van der Waals surface area contributed by atoms with Crippen molar-refractivity contribution in [3.8, 4) is 6.19 Å². The normalized spacial score (nSPS) is 10.9. The van der Waals surface area contributed by atoms with Crippen LogP contribution in [0.15, 0.2) is 65.8 Å². The molecule has 22 heavy (non-hydrogen) atoms. The Kier molecular flexibility index (Phi) is 5.14. The van der Waals surface area contributed by atoms with Crippen LogP contribution in [0.4, 0.5) is 0 Å². The minimum atomic E-state index is -0.630. The van der Waals surface area contributed by atoms with E-state index in [4.69, 9.17) is 5.53 Å². The summed E-state index contributed by atoms with van der Waals surface area (Å²) in [5.41, 5.74) is 9.69. The van der Waals surface area contributed by atoms with Gasteiger partial charge in [0.1, 0.15) is 0 Å². The highest BCUT2D eigenvalue weighted by Gasteiger charge is 2.25. The van der Waals surface area contributed by atoms with Crippen LogP contribution in [0, 0.1) is 11.5 Å². The highest BCUT2D eigenvalue weighted by atomic mass is 16.2. The fraction of sp³-hybridized carbons (Fsp3) is 0.125. The van der Waals surface area contributed by atoms with E-state index in [9.17, 15) is 10.1 Å². The van der Waals surface area contributed by atoms with E-state index in [1.54, 1.807) is 54.6 Å². The Morgan fingerprint density at radius 3 is 2.32 bits per heavy atom. The van der Waals surface area contributed by atoms with E-state index in [1.165, 1.54) is 0 Å². The van der Waals surface area contributed by atoms with Crippen molar-refractivity contribution < 1.29 is 4.79 Å². The average Bonchev–Trinajstić information content (AvgIpc) is 2.59. The van der Waals surface area contributed by atoms with E-state index in [0.29, 0.717) is 5.56 Å². The maximum atomic E-state index is 12.5. The van der Waals surface area contributed by atoms with Gasteiger partial charge in [-0.3, -0.25) is 4.79 Å². The second-order valence-electron chi connectivity index (χ2n) is 4.48. The summed E-state index contributed by atoms with van der Waals surface area (Å²) in [6.07, 6.45) is 1.91. The van der Waals surface area contributed by atoms with E-state index in [2.05, 4.69) is 10.0 Å². The molecule has 0 heterocycles. The van der Waals surface area contributed by atoms with Gasteiger partial charge in [0.25, 0.3) is 5.91 Å². The van der Waals surface area contributed by atoms with Crippen molar-refractivity contribution in [2.24, 2.45) is 5.11 Å². The molecule has 0 aliphatic carbocycles. The van der Waals surface area contributed by atoms with E-state index < -0.39 is 11.9 Å². The van der Waals surface area contributed by atoms with Crippen LogP contribution in [0.5, 0.6) is 0 Å². The molecule has 108 valence electrons. The number of nitrogens with zero attached hydrogens (tertiary/aromatic N) is 5. The smallest absolute Gasteiger partial charge is 0.267 e. The number of hydrogen-bond acceptors (Lipinski definition) is 3. The predicted molar refractivity (Wildman–Crippen MR) is 81.4 cm³/mol. The largest absolute Gasteiger partial charge is 0.268 e. The summed E-state index contributed by atoms with van der Waals surface area (Å²) < 4.78 is 0. The van der Waals surface area contributed by atoms with E-state index in [1.807, 2.05) is 12.3 Å². The molecule has 2 aromatic carbocycles. The van der Waals surface area contributed by atoms with Gasteiger partial charge < -0.3 is 0 Å². The molecule has 6 heteroatoms. The third-order valence-electron chi connectivity index (χ3n) is 3.16. The Labute approximate surface area is 127 Å². The van der Waals surface area contributed by atoms with Gasteiger partial charge in [0, 0.05) is 10.5 Å².